The molecule has 0 saturated carbocycles. The summed E-state index contributed by atoms with van der Waals surface area (Å²) in [5.74, 6) is -0.852. The zero-order chi connectivity index (χ0) is 21.6. The quantitative estimate of drug-likeness (QED) is 0.613. The van der Waals surface area contributed by atoms with Crippen LogP contribution < -0.4 is 4.90 Å². The second-order valence-electron chi connectivity index (χ2n) is 7.02. The van der Waals surface area contributed by atoms with Gasteiger partial charge in [0, 0.05) is 24.8 Å². The van der Waals surface area contributed by atoms with Gasteiger partial charge in [0.15, 0.2) is 0 Å². The molecule has 4 nitrogen and oxygen atoms in total. The lowest BCUT2D eigenvalue weighted by molar-refractivity contribution is -0.0881. The lowest BCUT2D eigenvalue weighted by Gasteiger charge is -2.27. The molecule has 2 amide bonds. The van der Waals surface area contributed by atoms with Gasteiger partial charge in [0.1, 0.15) is 0 Å². The zero-order valence-electron chi connectivity index (χ0n) is 16.0. The number of para-hydroxylation sites is 1. The summed E-state index contributed by atoms with van der Waals surface area (Å²) in [5.41, 5.74) is 1.45. The zero-order valence-corrected chi connectivity index (χ0v) is 16.0. The van der Waals surface area contributed by atoms with Gasteiger partial charge >= 0.3 is 6.18 Å². The summed E-state index contributed by atoms with van der Waals surface area (Å²) >= 11 is 0. The lowest BCUT2D eigenvalue weighted by Crippen LogP contribution is -2.25. The van der Waals surface area contributed by atoms with Crippen molar-refractivity contribution in [2.45, 2.75) is 6.18 Å². The van der Waals surface area contributed by atoms with Crippen LogP contribution in [0.2, 0.25) is 0 Å². The first kappa shape index (κ1) is 19.7. The molecule has 0 unspecified atom stereocenters. The van der Waals surface area contributed by atoms with Crippen LogP contribution in [-0.2, 0) is 0 Å². The maximum absolute atomic E-state index is 13.4. The molecule has 0 N–H and O–H groups in total. The van der Waals surface area contributed by atoms with Crippen LogP contribution in [0.3, 0.4) is 0 Å². The fourth-order valence-electron chi connectivity index (χ4n) is 3.69. The van der Waals surface area contributed by atoms with Crippen molar-refractivity contribution >= 4 is 28.8 Å². The molecule has 2 aliphatic heterocycles. The number of alkyl halides is 3. The van der Waals surface area contributed by atoms with E-state index in [1.165, 1.54) is 13.1 Å². The van der Waals surface area contributed by atoms with E-state index in [1.54, 1.807) is 47.4 Å². The maximum atomic E-state index is 13.4. The Hall–Kier alpha value is -3.61. The Bertz CT molecular complexity index is 1150. The molecule has 152 valence electrons. The molecular weight excluding hydrogens is 393 g/mol. The summed E-state index contributed by atoms with van der Waals surface area (Å²) in [6, 6.07) is 11.8. The molecule has 0 atom stereocenters. The van der Waals surface area contributed by atoms with E-state index in [0.717, 1.165) is 17.1 Å². The molecule has 0 bridgehead atoms. The highest BCUT2D eigenvalue weighted by Gasteiger charge is 2.37. The number of carbonyl (C=O) groups is 2. The van der Waals surface area contributed by atoms with Gasteiger partial charge in [-0.15, -0.1) is 0 Å². The van der Waals surface area contributed by atoms with Gasteiger partial charge < -0.3 is 4.90 Å². The van der Waals surface area contributed by atoms with Crippen molar-refractivity contribution in [2.75, 3.05) is 18.5 Å². The molecule has 0 aliphatic carbocycles. The predicted molar refractivity (Wildman–Crippen MR) is 109 cm³/mol. The van der Waals surface area contributed by atoms with Crippen molar-refractivity contribution < 1.29 is 22.8 Å². The van der Waals surface area contributed by atoms with Gasteiger partial charge in [-0.2, -0.15) is 13.2 Å². The number of benzene rings is 2. The molecule has 0 spiro atoms. The third kappa shape index (κ3) is 3.12. The largest absolute Gasteiger partial charge is 0.416 e. The van der Waals surface area contributed by atoms with Gasteiger partial charge in [-0.1, -0.05) is 43.0 Å². The van der Waals surface area contributed by atoms with Crippen LogP contribution in [0.25, 0.3) is 5.57 Å². The minimum absolute atomic E-state index is 0.0688. The van der Waals surface area contributed by atoms with E-state index in [4.69, 9.17) is 0 Å². The first-order valence-corrected chi connectivity index (χ1v) is 9.17. The van der Waals surface area contributed by atoms with Gasteiger partial charge in [-0.05, 0) is 29.8 Å². The Morgan fingerprint density at radius 3 is 2.33 bits per heavy atom. The third-order valence-corrected chi connectivity index (χ3v) is 5.17. The Balaban J connectivity index is 1.93. The second kappa shape index (κ2) is 7.02. The second-order valence-corrected chi connectivity index (χ2v) is 7.02. The first-order valence-electron chi connectivity index (χ1n) is 9.17. The number of carbonyl (C=O) groups excluding carboxylic acids is 2. The standard InChI is InChI=1S/C23H17F3N2O2/c1-14-13-15(23(24,25)26)7-6-12-28(18-10-4-3-8-16(14)18)19-11-5-9-17-20(19)22(30)27(2)21(17)29/h3-11,13H,1,12H2,2H3/b7-6-,15-13+. The van der Waals surface area contributed by atoms with E-state index in [2.05, 4.69) is 6.58 Å². The van der Waals surface area contributed by atoms with E-state index in [1.807, 2.05) is 0 Å². The van der Waals surface area contributed by atoms with Gasteiger partial charge in [-0.25, -0.2) is 0 Å². The highest BCUT2D eigenvalue weighted by molar-refractivity contribution is 6.23. The average molecular weight is 410 g/mol. The molecule has 4 rings (SSSR count). The highest BCUT2D eigenvalue weighted by atomic mass is 19.4. The maximum Gasteiger partial charge on any atom is 0.416 e. The lowest BCUT2D eigenvalue weighted by atomic mass is 10.0. The molecule has 0 saturated heterocycles. The van der Waals surface area contributed by atoms with Gasteiger partial charge in [0.05, 0.1) is 22.4 Å². The van der Waals surface area contributed by atoms with Crippen LogP contribution in [0.4, 0.5) is 24.5 Å². The molecule has 2 aliphatic rings. The molecule has 2 aromatic carbocycles. The van der Waals surface area contributed by atoms with E-state index >= 15 is 0 Å². The summed E-state index contributed by atoms with van der Waals surface area (Å²) in [4.78, 5) is 27.9. The molecule has 0 radical (unpaired) electrons. The molecule has 0 aromatic heterocycles. The number of fused-ring (bicyclic) bond motifs is 2. The average Bonchev–Trinajstić information content (AvgIpc) is 2.97. The summed E-state index contributed by atoms with van der Waals surface area (Å²) in [7, 11) is 1.40. The number of hydrogen-bond acceptors (Lipinski definition) is 3. The van der Waals surface area contributed by atoms with Crippen molar-refractivity contribution in [1.29, 1.82) is 0 Å². The topological polar surface area (TPSA) is 40.6 Å². The van der Waals surface area contributed by atoms with Gasteiger partial charge in [0.25, 0.3) is 11.8 Å². The van der Waals surface area contributed by atoms with Crippen LogP contribution in [0, 0.1) is 0 Å². The number of amides is 2. The number of allylic oxidation sites excluding steroid dienone is 4. The van der Waals surface area contributed by atoms with E-state index in [-0.39, 0.29) is 23.2 Å². The Morgan fingerprint density at radius 2 is 1.60 bits per heavy atom. The van der Waals surface area contributed by atoms with Gasteiger partial charge in [0.2, 0.25) is 0 Å². The fourth-order valence-corrected chi connectivity index (χ4v) is 3.69. The summed E-state index contributed by atoms with van der Waals surface area (Å²) in [6.45, 7) is 3.90. The van der Waals surface area contributed by atoms with Crippen LogP contribution >= 0.6 is 0 Å². The summed E-state index contributed by atoms with van der Waals surface area (Å²) in [6.07, 6.45) is -1.12. The number of imide groups is 1. The smallest absolute Gasteiger partial charge is 0.336 e. The predicted octanol–water partition coefficient (Wildman–Crippen LogP) is 5.12. The normalized spacial score (nSPS) is 19.5. The molecule has 30 heavy (non-hydrogen) atoms. The van der Waals surface area contributed by atoms with E-state index < -0.39 is 23.6 Å². The van der Waals surface area contributed by atoms with Crippen molar-refractivity contribution in [2.24, 2.45) is 0 Å². The van der Waals surface area contributed by atoms with Crippen LogP contribution in [0.5, 0.6) is 0 Å². The Morgan fingerprint density at radius 1 is 0.933 bits per heavy atom. The van der Waals surface area contributed by atoms with Gasteiger partial charge in [-0.3, -0.25) is 14.5 Å². The minimum Gasteiger partial charge on any atom is -0.336 e. The van der Waals surface area contributed by atoms with Crippen LogP contribution in [0.15, 0.2) is 72.8 Å². The number of rotatable bonds is 1. The molecule has 2 heterocycles. The molecule has 2 aromatic rings. The third-order valence-electron chi connectivity index (χ3n) is 5.17. The first-order chi connectivity index (χ1) is 14.2. The summed E-state index contributed by atoms with van der Waals surface area (Å²) in [5, 5.41) is 0. The molecular formula is C23H17F3N2O2. The number of nitrogens with zero attached hydrogens (tertiary/aromatic N) is 2. The highest BCUT2D eigenvalue weighted by Crippen LogP contribution is 2.40. The summed E-state index contributed by atoms with van der Waals surface area (Å²) < 4.78 is 40.2. The van der Waals surface area contributed by atoms with E-state index in [0.29, 0.717) is 16.9 Å². The van der Waals surface area contributed by atoms with Crippen molar-refractivity contribution in [3.63, 3.8) is 0 Å². The van der Waals surface area contributed by atoms with Crippen LogP contribution in [0.1, 0.15) is 26.3 Å². The minimum atomic E-state index is -4.53. The van der Waals surface area contributed by atoms with Crippen LogP contribution in [-0.4, -0.2) is 36.5 Å². The van der Waals surface area contributed by atoms with Crippen molar-refractivity contribution in [1.82, 2.24) is 4.90 Å². The Kier molecular flexibility index (Phi) is 4.61. The van der Waals surface area contributed by atoms with Crippen molar-refractivity contribution in [3.8, 4) is 0 Å². The fraction of sp³-hybridized carbons (Fsp3) is 0.130. The number of anilines is 2. The molecule has 7 heteroatoms. The number of halogens is 3. The number of hydrogen-bond donors (Lipinski definition) is 0. The van der Waals surface area contributed by atoms with E-state index in [9.17, 15) is 22.8 Å². The molecule has 0 fully saturated rings. The van der Waals surface area contributed by atoms with Crippen molar-refractivity contribution in [3.05, 3.63) is 89.5 Å². The Labute approximate surface area is 171 Å². The SMILES string of the molecule is C=C1/C=C(C(F)(F)F)\C=C/CN(c2cccc3c2C(=O)N(C)C3=O)c2ccccc21. The monoisotopic (exact) mass is 410 g/mol.